The van der Waals surface area contributed by atoms with Gasteiger partial charge in [-0.3, -0.25) is 19.3 Å². The van der Waals surface area contributed by atoms with Gasteiger partial charge in [-0.25, -0.2) is 0 Å². The first-order valence-corrected chi connectivity index (χ1v) is 10.0. The Kier molecular flexibility index (Phi) is 7.95. The number of carbonyl (C=O) groups excluding carboxylic acids is 3. The summed E-state index contributed by atoms with van der Waals surface area (Å²) in [6.45, 7) is 4.10. The Bertz CT molecular complexity index is 798. The van der Waals surface area contributed by atoms with Gasteiger partial charge in [-0.1, -0.05) is 13.8 Å². The minimum atomic E-state index is -0.397. The van der Waals surface area contributed by atoms with Crippen LogP contribution >= 0.6 is 11.8 Å². The molecule has 29 heavy (non-hydrogen) atoms. The molecule has 1 atom stereocenters. The average molecular weight is 423 g/mol. The molecule has 1 fully saturated rings. The maximum Gasteiger partial charge on any atom is 0.293 e. The highest BCUT2D eigenvalue weighted by Gasteiger charge is 2.34. The Morgan fingerprint density at radius 3 is 2.31 bits per heavy atom. The lowest BCUT2D eigenvalue weighted by atomic mass is 10.1. The number of hydrogen-bond acceptors (Lipinski definition) is 7. The molecule has 8 nitrogen and oxygen atoms in total. The van der Waals surface area contributed by atoms with Crippen molar-refractivity contribution in [2.24, 2.45) is 5.92 Å². The van der Waals surface area contributed by atoms with E-state index in [4.69, 9.17) is 14.2 Å². The summed E-state index contributed by atoms with van der Waals surface area (Å²) >= 11 is 0.856. The molecule has 0 aliphatic carbocycles. The Morgan fingerprint density at radius 2 is 1.79 bits per heavy atom. The maximum atomic E-state index is 12.6. The van der Waals surface area contributed by atoms with Crippen LogP contribution in [0.1, 0.15) is 25.8 Å². The van der Waals surface area contributed by atoms with Crippen molar-refractivity contribution in [1.29, 1.82) is 0 Å². The predicted molar refractivity (Wildman–Crippen MR) is 111 cm³/mol. The van der Waals surface area contributed by atoms with Crippen LogP contribution in [-0.2, 0) is 9.59 Å². The van der Waals surface area contributed by atoms with Crippen molar-refractivity contribution < 1.29 is 28.6 Å². The number of imide groups is 1. The Morgan fingerprint density at radius 1 is 1.17 bits per heavy atom. The number of hydrogen-bond donors (Lipinski definition) is 1. The third kappa shape index (κ3) is 5.23. The molecular formula is C20H26N2O6S. The SMILES string of the molecule is CC[C@H](C)C(=O)NCCN1C(=O)S/C(=C/c2cc(OC)c(OC)c(OC)c2)C1=O. The van der Waals surface area contributed by atoms with Crippen LogP contribution in [0, 0.1) is 5.92 Å². The number of benzene rings is 1. The topological polar surface area (TPSA) is 94.2 Å². The van der Waals surface area contributed by atoms with Crippen LogP contribution in [-0.4, -0.2) is 56.4 Å². The van der Waals surface area contributed by atoms with E-state index in [0.717, 1.165) is 23.1 Å². The lowest BCUT2D eigenvalue weighted by molar-refractivity contribution is -0.126. The van der Waals surface area contributed by atoms with Crippen molar-refractivity contribution in [3.63, 3.8) is 0 Å². The summed E-state index contributed by atoms with van der Waals surface area (Å²) in [5, 5.41) is 2.38. The zero-order valence-electron chi connectivity index (χ0n) is 17.2. The molecule has 0 unspecified atom stereocenters. The first-order valence-electron chi connectivity index (χ1n) is 9.19. The molecule has 1 aromatic rings. The summed E-state index contributed by atoms with van der Waals surface area (Å²) in [6, 6.07) is 3.39. The standard InChI is InChI=1S/C20H26N2O6S/c1-6-12(2)18(23)21-7-8-22-19(24)16(29-20(22)25)11-13-9-14(26-3)17(28-5)15(10-13)27-4/h9-12H,6-8H2,1-5H3,(H,21,23)/b16-11+/t12-/m0/s1. The van der Waals surface area contributed by atoms with Crippen molar-refractivity contribution in [2.45, 2.75) is 20.3 Å². The Hall–Kier alpha value is -2.68. The number of ether oxygens (including phenoxy) is 3. The Labute approximate surface area is 174 Å². The summed E-state index contributed by atoms with van der Waals surface area (Å²) in [5.41, 5.74) is 0.634. The Balaban J connectivity index is 2.14. The van der Waals surface area contributed by atoms with Gasteiger partial charge in [0, 0.05) is 19.0 Å². The molecular weight excluding hydrogens is 396 g/mol. The van der Waals surface area contributed by atoms with Gasteiger partial charge in [0.25, 0.3) is 11.1 Å². The van der Waals surface area contributed by atoms with E-state index in [2.05, 4.69) is 5.32 Å². The van der Waals surface area contributed by atoms with Crippen molar-refractivity contribution in [3.8, 4) is 17.2 Å². The highest BCUT2D eigenvalue weighted by atomic mass is 32.2. The van der Waals surface area contributed by atoms with Gasteiger partial charge in [-0.2, -0.15) is 0 Å². The molecule has 1 heterocycles. The van der Waals surface area contributed by atoms with E-state index in [1.165, 1.54) is 21.3 Å². The first kappa shape index (κ1) is 22.6. The molecule has 1 aliphatic rings. The van der Waals surface area contributed by atoms with Crippen molar-refractivity contribution in [2.75, 3.05) is 34.4 Å². The molecule has 0 bridgehead atoms. The first-order chi connectivity index (χ1) is 13.9. The fraction of sp³-hybridized carbons (Fsp3) is 0.450. The van der Waals surface area contributed by atoms with Crippen LogP contribution < -0.4 is 19.5 Å². The number of rotatable bonds is 9. The highest BCUT2D eigenvalue weighted by molar-refractivity contribution is 8.18. The molecule has 0 aromatic heterocycles. The van der Waals surface area contributed by atoms with Gasteiger partial charge in [-0.15, -0.1) is 0 Å². The second-order valence-electron chi connectivity index (χ2n) is 6.39. The number of nitrogens with zero attached hydrogens (tertiary/aromatic N) is 1. The van der Waals surface area contributed by atoms with Crippen LogP contribution in [0.5, 0.6) is 17.2 Å². The van der Waals surface area contributed by atoms with Gasteiger partial charge in [0.2, 0.25) is 11.7 Å². The highest BCUT2D eigenvalue weighted by Crippen LogP contribution is 2.40. The van der Waals surface area contributed by atoms with Crippen molar-refractivity contribution in [1.82, 2.24) is 10.2 Å². The number of nitrogens with one attached hydrogen (secondary N) is 1. The third-order valence-corrected chi connectivity index (χ3v) is 5.46. The van der Waals surface area contributed by atoms with E-state index in [-0.39, 0.29) is 35.1 Å². The smallest absolute Gasteiger partial charge is 0.293 e. The molecule has 0 saturated carbocycles. The lowest BCUT2D eigenvalue weighted by Gasteiger charge is -2.14. The minimum Gasteiger partial charge on any atom is -0.493 e. The van der Waals surface area contributed by atoms with E-state index in [1.54, 1.807) is 18.2 Å². The number of carbonyl (C=O) groups is 3. The number of amides is 3. The third-order valence-electron chi connectivity index (χ3n) is 4.55. The van der Waals surface area contributed by atoms with Gasteiger partial charge in [0.1, 0.15) is 0 Å². The van der Waals surface area contributed by atoms with Crippen LogP contribution in [0.15, 0.2) is 17.0 Å². The number of thioether (sulfide) groups is 1. The average Bonchev–Trinajstić information content (AvgIpc) is 2.99. The summed E-state index contributed by atoms with van der Waals surface area (Å²) in [7, 11) is 4.51. The van der Waals surface area contributed by atoms with Gasteiger partial charge in [0.15, 0.2) is 11.5 Å². The van der Waals surface area contributed by atoms with Crippen LogP contribution in [0.3, 0.4) is 0 Å². The van der Waals surface area contributed by atoms with Gasteiger partial charge < -0.3 is 19.5 Å². The molecule has 0 spiro atoms. The molecule has 3 amide bonds. The molecule has 1 saturated heterocycles. The van der Waals surface area contributed by atoms with E-state index in [1.807, 2.05) is 13.8 Å². The molecule has 1 N–H and O–H groups in total. The van der Waals surface area contributed by atoms with Gasteiger partial charge in [-0.05, 0) is 42.0 Å². The molecule has 1 aromatic carbocycles. The summed E-state index contributed by atoms with van der Waals surface area (Å²) in [4.78, 5) is 38.1. The number of methoxy groups -OCH3 is 3. The van der Waals surface area contributed by atoms with Crippen LogP contribution in [0.2, 0.25) is 0 Å². The molecule has 9 heteroatoms. The second-order valence-corrected chi connectivity index (χ2v) is 7.39. The zero-order valence-corrected chi connectivity index (χ0v) is 18.1. The minimum absolute atomic E-state index is 0.0903. The van der Waals surface area contributed by atoms with Crippen molar-refractivity contribution in [3.05, 3.63) is 22.6 Å². The summed E-state index contributed by atoms with van der Waals surface area (Å²) < 4.78 is 15.9. The van der Waals surface area contributed by atoms with E-state index >= 15 is 0 Å². The summed E-state index contributed by atoms with van der Waals surface area (Å²) in [5.74, 6) is 0.747. The molecule has 158 valence electrons. The fourth-order valence-electron chi connectivity index (χ4n) is 2.68. The van der Waals surface area contributed by atoms with Gasteiger partial charge in [0.05, 0.1) is 26.2 Å². The predicted octanol–water partition coefficient (Wildman–Crippen LogP) is 2.91. The largest absolute Gasteiger partial charge is 0.493 e. The van der Waals surface area contributed by atoms with Crippen molar-refractivity contribution >= 4 is 34.9 Å². The maximum absolute atomic E-state index is 12.6. The normalized spacial score (nSPS) is 16.2. The second kappa shape index (κ2) is 10.2. The molecule has 1 aliphatic heterocycles. The van der Waals surface area contributed by atoms with E-state index in [0.29, 0.717) is 22.8 Å². The van der Waals surface area contributed by atoms with Gasteiger partial charge >= 0.3 is 0 Å². The fourth-order valence-corrected chi connectivity index (χ4v) is 3.54. The van der Waals surface area contributed by atoms with Crippen LogP contribution in [0.4, 0.5) is 4.79 Å². The zero-order chi connectivity index (χ0) is 21.6. The molecule has 2 rings (SSSR count). The summed E-state index contributed by atoms with van der Waals surface area (Å²) in [6.07, 6.45) is 2.33. The quantitative estimate of drug-likeness (QED) is 0.612. The van der Waals surface area contributed by atoms with E-state index in [9.17, 15) is 14.4 Å². The van der Waals surface area contributed by atoms with E-state index < -0.39 is 5.91 Å². The monoisotopic (exact) mass is 422 g/mol. The lowest BCUT2D eigenvalue weighted by Crippen LogP contribution is -2.38. The molecule has 0 radical (unpaired) electrons. The van der Waals surface area contributed by atoms with Crippen LogP contribution in [0.25, 0.3) is 6.08 Å².